The number of fused-ring (bicyclic) bond motifs is 1. The number of aromatic nitrogens is 4. The zero-order valence-corrected chi connectivity index (χ0v) is 23.5. The molecule has 6 aromatic rings. The van der Waals surface area contributed by atoms with E-state index in [1.54, 1.807) is 18.3 Å². The molecule has 204 valence electrons. The third kappa shape index (κ3) is 5.86. The van der Waals surface area contributed by atoms with Gasteiger partial charge in [0, 0.05) is 41.0 Å². The molecule has 0 saturated heterocycles. The molecule has 41 heavy (non-hydrogen) atoms. The number of benzene rings is 3. The van der Waals surface area contributed by atoms with Gasteiger partial charge in [-0.25, -0.2) is 23.4 Å². The number of sulfone groups is 1. The fourth-order valence-electron chi connectivity index (χ4n) is 4.43. The number of amides is 1. The van der Waals surface area contributed by atoms with Crippen molar-refractivity contribution in [1.82, 2.24) is 19.4 Å². The molecule has 1 amide bonds. The average Bonchev–Trinajstić information content (AvgIpc) is 3.55. The third-order valence-electron chi connectivity index (χ3n) is 6.33. The summed E-state index contributed by atoms with van der Waals surface area (Å²) in [5, 5.41) is 8.10. The molecular weight excluding hydrogens is 557 g/mol. The van der Waals surface area contributed by atoms with E-state index in [0.29, 0.717) is 23.0 Å². The minimum Gasteiger partial charge on any atom is -0.326 e. The molecular formula is C30H24N6O3S2. The van der Waals surface area contributed by atoms with E-state index in [4.69, 9.17) is 9.97 Å². The Kier molecular flexibility index (Phi) is 7.04. The van der Waals surface area contributed by atoms with Gasteiger partial charge in [-0.3, -0.25) is 9.20 Å². The zero-order valence-electron chi connectivity index (χ0n) is 21.9. The zero-order chi connectivity index (χ0) is 28.4. The summed E-state index contributed by atoms with van der Waals surface area (Å²) in [5.41, 5.74) is 5.26. The highest BCUT2D eigenvalue weighted by molar-refractivity contribution is 7.90. The van der Waals surface area contributed by atoms with Crippen LogP contribution in [0.2, 0.25) is 0 Å². The van der Waals surface area contributed by atoms with E-state index in [9.17, 15) is 13.2 Å². The van der Waals surface area contributed by atoms with Gasteiger partial charge in [0.15, 0.2) is 14.8 Å². The normalized spacial score (nSPS) is 11.4. The fourth-order valence-corrected chi connectivity index (χ4v) is 5.77. The second kappa shape index (κ2) is 11.0. The number of anilines is 3. The quantitative estimate of drug-likeness (QED) is 0.232. The summed E-state index contributed by atoms with van der Waals surface area (Å²) in [6.45, 7) is 0. The number of hydrogen-bond donors (Lipinski definition) is 2. The van der Waals surface area contributed by atoms with Crippen LogP contribution in [-0.4, -0.2) is 39.9 Å². The Labute approximate surface area is 240 Å². The van der Waals surface area contributed by atoms with Crippen molar-refractivity contribution in [2.45, 2.75) is 11.3 Å². The number of nitrogens with zero attached hydrogens (tertiary/aromatic N) is 4. The maximum absolute atomic E-state index is 12.7. The Morgan fingerprint density at radius 3 is 2.51 bits per heavy atom. The molecule has 0 bridgehead atoms. The molecule has 11 heteroatoms. The molecule has 6 rings (SSSR count). The van der Waals surface area contributed by atoms with Crippen molar-refractivity contribution in [2.24, 2.45) is 0 Å². The second-order valence-corrected chi connectivity index (χ2v) is 12.2. The molecule has 0 saturated carbocycles. The molecule has 0 radical (unpaired) electrons. The summed E-state index contributed by atoms with van der Waals surface area (Å²) < 4.78 is 25.6. The van der Waals surface area contributed by atoms with Crippen LogP contribution >= 0.6 is 11.3 Å². The van der Waals surface area contributed by atoms with Gasteiger partial charge in [-0.15, -0.1) is 11.3 Å². The van der Waals surface area contributed by atoms with Crippen LogP contribution in [0.25, 0.3) is 27.6 Å². The van der Waals surface area contributed by atoms with Crippen molar-refractivity contribution < 1.29 is 13.2 Å². The van der Waals surface area contributed by atoms with E-state index >= 15 is 0 Å². The van der Waals surface area contributed by atoms with Crippen LogP contribution < -0.4 is 10.6 Å². The van der Waals surface area contributed by atoms with Crippen LogP contribution in [0.1, 0.15) is 5.56 Å². The smallest absolute Gasteiger partial charge is 0.228 e. The van der Waals surface area contributed by atoms with Crippen molar-refractivity contribution >= 4 is 49.4 Å². The molecule has 0 unspecified atom stereocenters. The first-order chi connectivity index (χ1) is 19.8. The summed E-state index contributed by atoms with van der Waals surface area (Å²) >= 11 is 1.51. The molecule has 0 spiro atoms. The average molecular weight is 581 g/mol. The molecule has 2 N–H and O–H groups in total. The monoisotopic (exact) mass is 580 g/mol. The van der Waals surface area contributed by atoms with Gasteiger partial charge in [-0.2, -0.15) is 0 Å². The number of nitrogens with one attached hydrogen (secondary N) is 2. The maximum Gasteiger partial charge on any atom is 0.228 e. The van der Waals surface area contributed by atoms with E-state index < -0.39 is 9.84 Å². The summed E-state index contributed by atoms with van der Waals surface area (Å²) in [7, 11) is -3.29. The molecule has 3 heterocycles. The van der Waals surface area contributed by atoms with Crippen molar-refractivity contribution in [1.29, 1.82) is 0 Å². The fraction of sp³-hybridized carbons (Fsp3) is 0.0667. The van der Waals surface area contributed by atoms with Crippen molar-refractivity contribution in [3.63, 3.8) is 0 Å². The van der Waals surface area contributed by atoms with Crippen molar-refractivity contribution in [2.75, 3.05) is 16.9 Å². The Morgan fingerprint density at radius 2 is 1.73 bits per heavy atom. The Hall–Kier alpha value is -4.87. The van der Waals surface area contributed by atoms with Crippen LogP contribution in [0.4, 0.5) is 17.3 Å². The first-order valence-corrected chi connectivity index (χ1v) is 15.4. The topological polar surface area (TPSA) is 118 Å². The van der Waals surface area contributed by atoms with Crippen molar-refractivity contribution in [3.05, 3.63) is 108 Å². The Bertz CT molecular complexity index is 1970. The van der Waals surface area contributed by atoms with Gasteiger partial charge in [-0.05, 0) is 48.0 Å². The van der Waals surface area contributed by atoms with Gasteiger partial charge in [-0.1, -0.05) is 42.5 Å². The summed E-state index contributed by atoms with van der Waals surface area (Å²) in [6, 6.07) is 25.4. The molecule has 9 nitrogen and oxygen atoms in total. The first kappa shape index (κ1) is 26.4. The van der Waals surface area contributed by atoms with Gasteiger partial charge in [0.2, 0.25) is 11.9 Å². The lowest BCUT2D eigenvalue weighted by Crippen LogP contribution is -2.14. The minimum atomic E-state index is -3.29. The third-order valence-corrected chi connectivity index (χ3v) is 8.21. The largest absolute Gasteiger partial charge is 0.326 e. The van der Waals surface area contributed by atoms with E-state index in [-0.39, 0.29) is 17.2 Å². The maximum atomic E-state index is 12.7. The lowest BCUT2D eigenvalue weighted by molar-refractivity contribution is -0.115. The van der Waals surface area contributed by atoms with E-state index in [0.717, 1.165) is 27.5 Å². The molecule has 0 aliphatic rings. The highest BCUT2D eigenvalue weighted by Crippen LogP contribution is 2.35. The van der Waals surface area contributed by atoms with Crippen LogP contribution in [-0.2, 0) is 21.1 Å². The second-order valence-electron chi connectivity index (χ2n) is 9.34. The number of rotatable bonds is 8. The SMILES string of the molecule is CS(=O)(=O)c1ccc(Nc2nccc(-c3c(-c4cccc(NC(=O)Cc5ccccc5)c4)nc4sccn34)n2)cc1. The van der Waals surface area contributed by atoms with E-state index in [1.165, 1.54) is 29.7 Å². The van der Waals surface area contributed by atoms with Gasteiger partial charge in [0.1, 0.15) is 5.69 Å². The van der Waals surface area contributed by atoms with E-state index in [2.05, 4.69) is 15.6 Å². The van der Waals surface area contributed by atoms with Crippen LogP contribution in [0.3, 0.4) is 0 Å². The predicted octanol–water partition coefficient (Wildman–Crippen LogP) is 5.85. The standard InChI is InChI=1S/C30H24N6O3S2/c1-41(38,39)24-12-10-22(11-13-24)33-29-31-15-14-25(34-29)28-27(35-30-36(28)16-17-40-30)21-8-5-9-23(19-21)32-26(37)18-20-6-3-2-4-7-20/h2-17,19H,18H2,1H3,(H,32,37)(H,31,33,34). The first-order valence-electron chi connectivity index (χ1n) is 12.6. The molecule has 3 aromatic heterocycles. The highest BCUT2D eigenvalue weighted by atomic mass is 32.2. The van der Waals surface area contributed by atoms with E-state index in [1.807, 2.05) is 76.6 Å². The Morgan fingerprint density at radius 1 is 0.927 bits per heavy atom. The molecule has 3 aromatic carbocycles. The molecule has 0 aliphatic carbocycles. The highest BCUT2D eigenvalue weighted by Gasteiger charge is 2.19. The number of carbonyl (C=O) groups is 1. The van der Waals surface area contributed by atoms with Gasteiger partial charge < -0.3 is 10.6 Å². The van der Waals surface area contributed by atoms with Gasteiger partial charge in [0.05, 0.1) is 22.7 Å². The summed E-state index contributed by atoms with van der Waals surface area (Å²) in [4.78, 5) is 27.7. The van der Waals surface area contributed by atoms with Crippen LogP contribution in [0.15, 0.2) is 108 Å². The summed E-state index contributed by atoms with van der Waals surface area (Å²) in [6.07, 6.45) is 5.05. The van der Waals surface area contributed by atoms with Crippen LogP contribution in [0, 0.1) is 0 Å². The minimum absolute atomic E-state index is 0.101. The Balaban J connectivity index is 1.30. The van der Waals surface area contributed by atoms with Crippen molar-refractivity contribution in [3.8, 4) is 22.6 Å². The summed E-state index contributed by atoms with van der Waals surface area (Å²) in [5.74, 6) is 0.253. The number of imidazole rings is 1. The molecule has 0 atom stereocenters. The lowest BCUT2D eigenvalue weighted by atomic mass is 10.1. The molecule has 0 fully saturated rings. The number of thiazole rings is 1. The van der Waals surface area contributed by atoms with Gasteiger partial charge >= 0.3 is 0 Å². The number of hydrogen-bond acceptors (Lipinski definition) is 8. The predicted molar refractivity (Wildman–Crippen MR) is 161 cm³/mol. The number of carbonyl (C=O) groups excluding carboxylic acids is 1. The molecule has 0 aliphatic heterocycles. The lowest BCUT2D eigenvalue weighted by Gasteiger charge is -2.10. The van der Waals surface area contributed by atoms with Crippen LogP contribution in [0.5, 0.6) is 0 Å². The van der Waals surface area contributed by atoms with Gasteiger partial charge in [0.25, 0.3) is 0 Å².